The number of hydrogen-bond donors (Lipinski definition) is 3. The largest absolute Gasteiger partial charge is 0.378 e. The topological polar surface area (TPSA) is 66.2 Å². The molecule has 1 aromatic heterocycles. The molecule has 1 saturated heterocycles. The lowest BCUT2D eigenvalue weighted by Gasteiger charge is -2.17. The third kappa shape index (κ3) is 2.19. The predicted molar refractivity (Wildman–Crippen MR) is 55.7 cm³/mol. The van der Waals surface area contributed by atoms with Gasteiger partial charge >= 0.3 is 0 Å². The Morgan fingerprint density at radius 2 is 2.47 bits per heavy atom. The zero-order chi connectivity index (χ0) is 10.7. The van der Waals surface area contributed by atoms with Gasteiger partial charge in [0.05, 0.1) is 12.1 Å². The molecule has 1 fully saturated rings. The van der Waals surface area contributed by atoms with E-state index in [0.29, 0.717) is 5.69 Å². The molecule has 3 N–H and O–H groups in total. The fraction of sp³-hybridized carbons (Fsp3) is 0.500. The number of H-pyrrole nitrogens is 1. The van der Waals surface area contributed by atoms with Gasteiger partial charge in [-0.3, -0.25) is 4.79 Å². The molecule has 5 nitrogen and oxygen atoms in total. The van der Waals surface area contributed by atoms with Crippen molar-refractivity contribution in [3.8, 4) is 0 Å². The quantitative estimate of drug-likeness (QED) is 0.642. The van der Waals surface area contributed by atoms with Crippen LogP contribution in [0.4, 0.5) is 0 Å². The van der Waals surface area contributed by atoms with Gasteiger partial charge in [0.15, 0.2) is 0 Å². The molecular formula is C10H15N3O2. The summed E-state index contributed by atoms with van der Waals surface area (Å²) in [5.41, 5.74) is 0.580. The molecule has 0 aliphatic carbocycles. The van der Waals surface area contributed by atoms with Crippen LogP contribution in [0.15, 0.2) is 18.3 Å². The second kappa shape index (κ2) is 4.46. The van der Waals surface area contributed by atoms with Crippen LogP contribution in [0.3, 0.4) is 0 Å². The van der Waals surface area contributed by atoms with Crippen LogP contribution in [0.5, 0.6) is 0 Å². The van der Waals surface area contributed by atoms with Gasteiger partial charge in [0.25, 0.3) is 5.91 Å². The van der Waals surface area contributed by atoms with E-state index in [1.807, 2.05) is 0 Å². The van der Waals surface area contributed by atoms with Crippen molar-refractivity contribution >= 4 is 5.91 Å². The Bertz CT molecular complexity index is 323. The van der Waals surface area contributed by atoms with Crippen molar-refractivity contribution < 1.29 is 9.53 Å². The van der Waals surface area contributed by atoms with E-state index >= 15 is 0 Å². The lowest BCUT2D eigenvalue weighted by Crippen LogP contribution is -2.43. The van der Waals surface area contributed by atoms with Crippen molar-refractivity contribution in [1.82, 2.24) is 15.6 Å². The van der Waals surface area contributed by atoms with E-state index in [4.69, 9.17) is 4.74 Å². The zero-order valence-electron chi connectivity index (χ0n) is 8.62. The third-order valence-electron chi connectivity index (χ3n) is 2.62. The first kappa shape index (κ1) is 10.2. The maximum absolute atomic E-state index is 11.7. The van der Waals surface area contributed by atoms with Crippen molar-refractivity contribution in [3.05, 3.63) is 24.0 Å². The average Bonchev–Trinajstić information content (AvgIpc) is 2.87. The molecule has 1 unspecified atom stereocenters. The Hall–Kier alpha value is -1.33. The van der Waals surface area contributed by atoms with Gasteiger partial charge < -0.3 is 20.4 Å². The van der Waals surface area contributed by atoms with Crippen molar-refractivity contribution in [1.29, 1.82) is 0 Å². The van der Waals surface area contributed by atoms with E-state index in [2.05, 4.69) is 15.6 Å². The summed E-state index contributed by atoms with van der Waals surface area (Å²) < 4.78 is 5.25. The normalized spacial score (nSPS) is 25.4. The molecule has 0 spiro atoms. The summed E-state index contributed by atoms with van der Waals surface area (Å²) in [5.74, 6) is -0.0873. The smallest absolute Gasteiger partial charge is 0.268 e. The standard InChI is InChI=1S/C10H15N3O2/c1-15-9-6-11-5-8(9)13-10(14)7-3-2-4-12-7/h2-4,8-9,11-12H,5-6H2,1H3,(H,13,14)/t8?,9-/m0/s1. The molecule has 2 rings (SSSR count). The van der Waals surface area contributed by atoms with E-state index in [-0.39, 0.29) is 18.1 Å². The van der Waals surface area contributed by atoms with Crippen LogP contribution in [-0.4, -0.2) is 43.2 Å². The number of carbonyl (C=O) groups excluding carboxylic acids is 1. The Morgan fingerprint density at radius 1 is 1.60 bits per heavy atom. The highest BCUT2D eigenvalue weighted by molar-refractivity contribution is 5.92. The molecule has 0 bridgehead atoms. The Kier molecular flexibility index (Phi) is 3.03. The minimum absolute atomic E-state index is 0.0470. The molecule has 2 atom stereocenters. The van der Waals surface area contributed by atoms with Gasteiger partial charge in [0.1, 0.15) is 5.69 Å². The first-order valence-corrected chi connectivity index (χ1v) is 4.99. The molecule has 15 heavy (non-hydrogen) atoms. The highest BCUT2D eigenvalue weighted by Gasteiger charge is 2.28. The molecule has 82 valence electrons. The number of amides is 1. The average molecular weight is 209 g/mol. The van der Waals surface area contributed by atoms with E-state index in [1.165, 1.54) is 0 Å². The van der Waals surface area contributed by atoms with Crippen LogP contribution in [0.25, 0.3) is 0 Å². The van der Waals surface area contributed by atoms with Crippen LogP contribution in [-0.2, 0) is 4.74 Å². The summed E-state index contributed by atoms with van der Waals surface area (Å²) >= 11 is 0. The van der Waals surface area contributed by atoms with Crippen LogP contribution in [0.1, 0.15) is 10.5 Å². The zero-order valence-corrected chi connectivity index (χ0v) is 8.62. The van der Waals surface area contributed by atoms with Gasteiger partial charge in [0.2, 0.25) is 0 Å². The third-order valence-corrected chi connectivity index (χ3v) is 2.62. The summed E-state index contributed by atoms with van der Waals surface area (Å²) in [7, 11) is 1.66. The lowest BCUT2D eigenvalue weighted by molar-refractivity contribution is 0.0777. The van der Waals surface area contributed by atoms with Crippen LogP contribution < -0.4 is 10.6 Å². The summed E-state index contributed by atoms with van der Waals surface area (Å²) in [5, 5.41) is 6.10. The van der Waals surface area contributed by atoms with Gasteiger partial charge in [0, 0.05) is 26.4 Å². The van der Waals surface area contributed by atoms with Crippen molar-refractivity contribution in [3.63, 3.8) is 0 Å². The molecule has 2 heterocycles. The van der Waals surface area contributed by atoms with Crippen molar-refractivity contribution in [2.75, 3.05) is 20.2 Å². The predicted octanol–water partition coefficient (Wildman–Crippen LogP) is -0.269. The van der Waals surface area contributed by atoms with Gasteiger partial charge in [-0.1, -0.05) is 0 Å². The molecule has 1 amide bonds. The number of nitrogens with one attached hydrogen (secondary N) is 3. The Morgan fingerprint density at radius 3 is 3.13 bits per heavy atom. The highest BCUT2D eigenvalue weighted by Crippen LogP contribution is 2.05. The SMILES string of the molecule is CO[C@H]1CNCC1NC(=O)c1ccc[nH]1. The van der Waals surface area contributed by atoms with Crippen molar-refractivity contribution in [2.24, 2.45) is 0 Å². The molecule has 1 aliphatic rings. The molecule has 1 aliphatic heterocycles. The number of ether oxygens (including phenoxy) is 1. The first-order valence-electron chi connectivity index (χ1n) is 4.99. The minimum atomic E-state index is -0.0873. The van der Waals surface area contributed by atoms with E-state index in [0.717, 1.165) is 13.1 Å². The molecule has 0 saturated carbocycles. The van der Waals surface area contributed by atoms with Gasteiger partial charge in [-0.05, 0) is 12.1 Å². The number of aromatic amines is 1. The van der Waals surface area contributed by atoms with Gasteiger partial charge in [-0.15, -0.1) is 0 Å². The number of carbonyl (C=O) groups is 1. The Balaban J connectivity index is 1.94. The summed E-state index contributed by atoms with van der Waals surface area (Å²) in [6.07, 6.45) is 1.79. The fourth-order valence-electron chi connectivity index (χ4n) is 1.76. The van der Waals surface area contributed by atoms with Crippen LogP contribution in [0.2, 0.25) is 0 Å². The lowest BCUT2D eigenvalue weighted by atomic mass is 10.2. The number of hydrogen-bond acceptors (Lipinski definition) is 3. The molecule has 1 aromatic rings. The van der Waals surface area contributed by atoms with E-state index < -0.39 is 0 Å². The second-order valence-electron chi connectivity index (χ2n) is 3.60. The summed E-state index contributed by atoms with van der Waals surface area (Å²) in [6.45, 7) is 1.54. The minimum Gasteiger partial charge on any atom is -0.378 e. The fourth-order valence-corrected chi connectivity index (χ4v) is 1.76. The maximum atomic E-state index is 11.7. The van der Waals surface area contributed by atoms with Crippen LogP contribution >= 0.6 is 0 Å². The number of methoxy groups -OCH3 is 1. The first-order chi connectivity index (χ1) is 7.31. The summed E-state index contributed by atoms with van der Waals surface area (Å²) in [6, 6.07) is 3.60. The van der Waals surface area contributed by atoms with Gasteiger partial charge in [-0.2, -0.15) is 0 Å². The second-order valence-corrected chi connectivity index (χ2v) is 3.60. The molecule has 5 heteroatoms. The number of aromatic nitrogens is 1. The molecule has 0 aromatic carbocycles. The molecule has 0 radical (unpaired) electrons. The Labute approximate surface area is 88.2 Å². The summed E-state index contributed by atoms with van der Waals surface area (Å²) in [4.78, 5) is 14.6. The van der Waals surface area contributed by atoms with E-state index in [9.17, 15) is 4.79 Å². The highest BCUT2D eigenvalue weighted by atomic mass is 16.5. The molecular weight excluding hydrogens is 194 g/mol. The number of rotatable bonds is 3. The van der Waals surface area contributed by atoms with Crippen LogP contribution in [0, 0.1) is 0 Å². The van der Waals surface area contributed by atoms with Gasteiger partial charge in [-0.25, -0.2) is 0 Å². The van der Waals surface area contributed by atoms with Crippen molar-refractivity contribution in [2.45, 2.75) is 12.1 Å². The maximum Gasteiger partial charge on any atom is 0.268 e. The van der Waals surface area contributed by atoms with E-state index in [1.54, 1.807) is 25.4 Å². The monoisotopic (exact) mass is 209 g/mol.